The van der Waals surface area contributed by atoms with Gasteiger partial charge in [-0.2, -0.15) is 0 Å². The van der Waals surface area contributed by atoms with Gasteiger partial charge in [0.05, 0.1) is 19.8 Å². The molecule has 1 rings (SSSR count). The summed E-state index contributed by atoms with van der Waals surface area (Å²) in [5.74, 6) is -0.316. The Balaban J connectivity index is 2.14. The largest absolute Gasteiger partial charge is 0.457 e. The third kappa shape index (κ3) is 32.7. The van der Waals surface area contributed by atoms with Gasteiger partial charge in [0.25, 0.3) is 0 Å². The van der Waals surface area contributed by atoms with Crippen LogP contribution in [-0.2, 0) is 23.7 Å². The van der Waals surface area contributed by atoms with E-state index in [9.17, 15) is 25.2 Å². The topological polar surface area (TPSA) is 135 Å². The molecule has 1 aliphatic heterocycles. The summed E-state index contributed by atoms with van der Waals surface area (Å²) in [6.45, 7) is 4.54. The van der Waals surface area contributed by atoms with E-state index in [1.54, 1.807) is 0 Å². The molecule has 0 amide bonds. The molecule has 9 heteroatoms. The number of aliphatic hydroxyl groups excluding tert-OH is 4. The van der Waals surface area contributed by atoms with Crippen molar-refractivity contribution in [3.05, 3.63) is 36.5 Å². The van der Waals surface area contributed by atoms with Crippen molar-refractivity contribution in [2.75, 3.05) is 26.4 Å². The number of allylic oxidation sites excluding steroid dienone is 6. The molecule has 0 spiro atoms. The zero-order chi connectivity index (χ0) is 42.9. The first-order chi connectivity index (χ1) is 28.9. The quantitative estimate of drug-likeness (QED) is 0.0269. The highest BCUT2D eigenvalue weighted by Gasteiger charge is 2.44. The van der Waals surface area contributed by atoms with Crippen molar-refractivity contribution in [3.8, 4) is 0 Å². The van der Waals surface area contributed by atoms with E-state index < -0.39 is 43.4 Å². The molecule has 0 aliphatic carbocycles. The Morgan fingerprint density at radius 2 is 0.983 bits per heavy atom. The van der Waals surface area contributed by atoms with Crippen LogP contribution in [0.15, 0.2) is 36.5 Å². The Bertz CT molecular complexity index is 999. The zero-order valence-corrected chi connectivity index (χ0v) is 38.0. The molecule has 0 bridgehead atoms. The summed E-state index contributed by atoms with van der Waals surface area (Å²) in [5, 5.41) is 40.1. The van der Waals surface area contributed by atoms with Crippen molar-refractivity contribution in [1.82, 2.24) is 0 Å². The summed E-state index contributed by atoms with van der Waals surface area (Å²) in [7, 11) is 0. The van der Waals surface area contributed by atoms with Crippen molar-refractivity contribution in [2.45, 2.75) is 250 Å². The van der Waals surface area contributed by atoms with Gasteiger partial charge < -0.3 is 39.4 Å². The SMILES string of the molecule is CCCCCCC/C=C\C/C=C\C/C=C\CCCCCCCCCCCCCOCC(COC1OC(CO)C(O)C(O)C1O)OC(=O)CCCCCCCCCCCC. The molecule has 6 unspecified atom stereocenters. The van der Waals surface area contributed by atoms with E-state index in [1.165, 1.54) is 148 Å². The Morgan fingerprint density at radius 3 is 1.47 bits per heavy atom. The van der Waals surface area contributed by atoms with Crippen molar-refractivity contribution >= 4 is 5.97 Å². The molecule has 0 saturated carbocycles. The van der Waals surface area contributed by atoms with Crippen molar-refractivity contribution in [2.24, 2.45) is 0 Å². The number of aliphatic hydroxyl groups is 4. The van der Waals surface area contributed by atoms with Crippen LogP contribution in [0.4, 0.5) is 0 Å². The maximum atomic E-state index is 12.7. The lowest BCUT2D eigenvalue weighted by molar-refractivity contribution is -0.305. The van der Waals surface area contributed by atoms with Crippen LogP contribution in [0.1, 0.15) is 213 Å². The van der Waals surface area contributed by atoms with Crippen LogP contribution in [0.3, 0.4) is 0 Å². The van der Waals surface area contributed by atoms with Gasteiger partial charge in [-0.1, -0.05) is 192 Å². The first-order valence-electron chi connectivity index (χ1n) is 24.6. The summed E-state index contributed by atoms with van der Waals surface area (Å²) < 4.78 is 22.8. The average Bonchev–Trinajstić information content (AvgIpc) is 3.24. The molecule has 9 nitrogen and oxygen atoms in total. The Labute approximate surface area is 361 Å². The van der Waals surface area contributed by atoms with Gasteiger partial charge in [-0.05, 0) is 51.4 Å². The van der Waals surface area contributed by atoms with Gasteiger partial charge in [0.2, 0.25) is 0 Å². The minimum Gasteiger partial charge on any atom is -0.457 e. The lowest BCUT2D eigenvalue weighted by Crippen LogP contribution is -2.59. The number of esters is 1. The molecular formula is C50H92O9. The Hall–Kier alpha value is -1.59. The summed E-state index contributed by atoms with van der Waals surface area (Å²) in [4.78, 5) is 12.7. The minimum absolute atomic E-state index is 0.112. The molecule has 6 atom stereocenters. The van der Waals surface area contributed by atoms with Crippen LogP contribution in [0.25, 0.3) is 0 Å². The van der Waals surface area contributed by atoms with E-state index in [-0.39, 0.29) is 19.2 Å². The second-order valence-corrected chi connectivity index (χ2v) is 16.9. The van der Waals surface area contributed by atoms with E-state index in [2.05, 4.69) is 50.3 Å². The molecular weight excluding hydrogens is 745 g/mol. The van der Waals surface area contributed by atoms with Crippen molar-refractivity contribution < 1.29 is 44.2 Å². The van der Waals surface area contributed by atoms with Crippen LogP contribution in [0.2, 0.25) is 0 Å². The number of hydrogen-bond acceptors (Lipinski definition) is 9. The van der Waals surface area contributed by atoms with Gasteiger partial charge in [0, 0.05) is 13.0 Å². The molecule has 1 heterocycles. The molecule has 0 aromatic rings. The van der Waals surface area contributed by atoms with E-state index in [1.807, 2.05) is 0 Å². The van der Waals surface area contributed by atoms with Gasteiger partial charge >= 0.3 is 5.97 Å². The van der Waals surface area contributed by atoms with Crippen LogP contribution in [0.5, 0.6) is 0 Å². The van der Waals surface area contributed by atoms with Gasteiger partial charge in [-0.3, -0.25) is 4.79 Å². The van der Waals surface area contributed by atoms with Crippen LogP contribution >= 0.6 is 0 Å². The molecule has 0 aromatic heterocycles. The third-order valence-electron chi connectivity index (χ3n) is 11.3. The first kappa shape index (κ1) is 55.4. The normalized spacial score (nSPS) is 20.4. The van der Waals surface area contributed by atoms with E-state index in [4.69, 9.17) is 18.9 Å². The molecule has 59 heavy (non-hydrogen) atoms. The highest BCUT2D eigenvalue weighted by Crippen LogP contribution is 2.23. The second kappa shape index (κ2) is 41.7. The molecule has 346 valence electrons. The van der Waals surface area contributed by atoms with Crippen LogP contribution in [0, 0.1) is 0 Å². The highest BCUT2D eigenvalue weighted by atomic mass is 16.7. The van der Waals surface area contributed by atoms with E-state index in [0.717, 1.165) is 44.9 Å². The maximum absolute atomic E-state index is 12.7. The average molecular weight is 837 g/mol. The molecule has 1 aliphatic rings. The summed E-state index contributed by atoms with van der Waals surface area (Å²) in [6.07, 6.45) is 43.3. The highest BCUT2D eigenvalue weighted by molar-refractivity contribution is 5.69. The summed E-state index contributed by atoms with van der Waals surface area (Å²) in [6, 6.07) is 0. The molecule has 1 saturated heterocycles. The van der Waals surface area contributed by atoms with Gasteiger partial charge in [0.15, 0.2) is 6.29 Å². The number of rotatable bonds is 42. The summed E-state index contributed by atoms with van der Waals surface area (Å²) in [5.41, 5.74) is 0. The molecule has 1 fully saturated rings. The predicted octanol–water partition coefficient (Wildman–Crippen LogP) is 11.5. The van der Waals surface area contributed by atoms with Crippen LogP contribution < -0.4 is 0 Å². The smallest absolute Gasteiger partial charge is 0.306 e. The van der Waals surface area contributed by atoms with Crippen molar-refractivity contribution in [3.63, 3.8) is 0 Å². The Kier molecular flexibility index (Phi) is 39.2. The second-order valence-electron chi connectivity index (χ2n) is 16.9. The molecule has 4 N–H and O–H groups in total. The number of ether oxygens (including phenoxy) is 4. The lowest BCUT2D eigenvalue weighted by atomic mass is 9.99. The van der Waals surface area contributed by atoms with Crippen LogP contribution in [-0.4, -0.2) is 89.6 Å². The Morgan fingerprint density at radius 1 is 0.542 bits per heavy atom. The fraction of sp³-hybridized carbons (Fsp3) is 0.860. The van der Waals surface area contributed by atoms with Gasteiger partial charge in [-0.15, -0.1) is 0 Å². The van der Waals surface area contributed by atoms with E-state index in [0.29, 0.717) is 13.0 Å². The predicted molar refractivity (Wildman–Crippen MR) is 242 cm³/mol. The van der Waals surface area contributed by atoms with Crippen molar-refractivity contribution in [1.29, 1.82) is 0 Å². The van der Waals surface area contributed by atoms with Gasteiger partial charge in [0.1, 0.15) is 30.5 Å². The number of unbranched alkanes of at least 4 members (excludes halogenated alkanes) is 25. The summed E-state index contributed by atoms with van der Waals surface area (Å²) >= 11 is 0. The fourth-order valence-corrected chi connectivity index (χ4v) is 7.44. The lowest BCUT2D eigenvalue weighted by Gasteiger charge is -2.39. The molecule has 0 radical (unpaired) electrons. The number of carbonyl (C=O) groups is 1. The number of hydrogen-bond donors (Lipinski definition) is 4. The molecule has 0 aromatic carbocycles. The monoisotopic (exact) mass is 837 g/mol. The minimum atomic E-state index is -1.53. The first-order valence-corrected chi connectivity index (χ1v) is 24.6. The standard InChI is InChI=1S/C50H92O9/c1-3-5-7-9-11-13-15-16-17-18-19-20-21-22-23-24-25-26-27-28-29-30-32-34-36-38-40-56-42-44(43-57-50-49(55)48(54)47(53)45(41-51)59-50)58-46(52)39-37-35-33-31-14-12-10-8-6-4-2/h15-16,18-19,21-22,44-45,47-51,53-55H,3-14,17,20,23-43H2,1-2H3/b16-15-,19-18-,22-21-. The number of carbonyl (C=O) groups excluding carboxylic acids is 1. The zero-order valence-electron chi connectivity index (χ0n) is 38.0. The third-order valence-corrected chi connectivity index (χ3v) is 11.3. The maximum Gasteiger partial charge on any atom is 0.306 e. The van der Waals surface area contributed by atoms with Gasteiger partial charge in [-0.25, -0.2) is 0 Å². The fourth-order valence-electron chi connectivity index (χ4n) is 7.44. The van der Waals surface area contributed by atoms with E-state index >= 15 is 0 Å².